The first kappa shape index (κ1) is 18.7. The van der Waals surface area contributed by atoms with Crippen molar-refractivity contribution < 1.29 is 19.8 Å². The van der Waals surface area contributed by atoms with Gasteiger partial charge in [-0.15, -0.1) is 0 Å². The van der Waals surface area contributed by atoms with Crippen molar-refractivity contribution in [1.82, 2.24) is 0 Å². The fraction of sp³-hybridized carbons (Fsp3) is 0.333. The van der Waals surface area contributed by atoms with Crippen LogP contribution in [0.15, 0.2) is 71.1 Å². The Labute approximate surface area is 174 Å². The van der Waals surface area contributed by atoms with Gasteiger partial charge < -0.3 is 20.8 Å². The Hall–Kier alpha value is -3.28. The zero-order chi connectivity index (χ0) is 20.8. The number of carbonyl (C=O) groups is 2. The van der Waals surface area contributed by atoms with Crippen molar-refractivity contribution in [3.63, 3.8) is 0 Å². The Bertz CT molecular complexity index is 949. The first-order valence-electron chi connectivity index (χ1n) is 10.5. The van der Waals surface area contributed by atoms with E-state index in [4.69, 9.17) is 0 Å². The van der Waals surface area contributed by atoms with Crippen molar-refractivity contribution in [1.29, 1.82) is 0 Å². The SMILES string of the molecule is O=C(O)C1=C(Nc2ccc(NC3=C(C(=O)O)C4C=CC3CC4)cc2)C2C=CC1CC2. The Morgan fingerprint density at radius 2 is 0.967 bits per heavy atom. The van der Waals surface area contributed by atoms with E-state index in [2.05, 4.69) is 22.8 Å². The molecule has 30 heavy (non-hydrogen) atoms. The molecule has 0 amide bonds. The van der Waals surface area contributed by atoms with Crippen molar-refractivity contribution in [2.75, 3.05) is 10.6 Å². The van der Waals surface area contributed by atoms with Gasteiger partial charge in [0.2, 0.25) is 0 Å². The summed E-state index contributed by atoms with van der Waals surface area (Å²) in [5, 5.41) is 26.0. The van der Waals surface area contributed by atoms with Crippen molar-refractivity contribution >= 4 is 23.3 Å². The van der Waals surface area contributed by atoms with Gasteiger partial charge in [-0.05, 0) is 49.9 Å². The molecule has 1 aromatic carbocycles. The average Bonchev–Trinajstić information content (AvgIpc) is 2.76. The van der Waals surface area contributed by atoms with E-state index >= 15 is 0 Å². The molecular formula is C24H24N2O4. The molecule has 0 heterocycles. The molecule has 4 unspecified atom stereocenters. The van der Waals surface area contributed by atoms with Crippen molar-refractivity contribution in [2.24, 2.45) is 23.7 Å². The number of carboxylic acid groups (broad SMARTS) is 2. The van der Waals surface area contributed by atoms with Crippen LogP contribution in [0.5, 0.6) is 0 Å². The van der Waals surface area contributed by atoms with Gasteiger partial charge in [-0.1, -0.05) is 24.3 Å². The van der Waals surface area contributed by atoms with Crippen LogP contribution in [0.4, 0.5) is 11.4 Å². The quantitative estimate of drug-likeness (QED) is 0.525. The molecular weight excluding hydrogens is 380 g/mol. The zero-order valence-electron chi connectivity index (χ0n) is 16.5. The molecule has 0 aliphatic heterocycles. The standard InChI is InChI=1S/C24H24N2O4/c27-23(28)19-13-1-5-15(6-2-13)21(19)25-17-9-11-18(12-10-17)26-22-16-7-3-14(4-8-16)20(22)24(29)30/h1,3,5,7,9-16,25-26H,2,4,6,8H2,(H,27,28)(H,29,30). The first-order valence-corrected chi connectivity index (χ1v) is 10.5. The Morgan fingerprint density at radius 3 is 1.27 bits per heavy atom. The second-order valence-corrected chi connectivity index (χ2v) is 8.44. The van der Waals surface area contributed by atoms with Crippen LogP contribution in [-0.4, -0.2) is 22.2 Å². The maximum atomic E-state index is 11.8. The lowest BCUT2D eigenvalue weighted by molar-refractivity contribution is -0.134. The number of anilines is 2. The molecule has 6 heteroatoms. The summed E-state index contributed by atoms with van der Waals surface area (Å²) < 4.78 is 0. The number of hydrogen-bond donors (Lipinski definition) is 4. The van der Waals surface area contributed by atoms with Gasteiger partial charge in [0.15, 0.2) is 0 Å². The highest BCUT2D eigenvalue weighted by molar-refractivity contribution is 5.91. The highest BCUT2D eigenvalue weighted by atomic mass is 16.4. The molecule has 0 fully saturated rings. The van der Waals surface area contributed by atoms with Gasteiger partial charge in [-0.3, -0.25) is 0 Å². The number of hydrogen-bond acceptors (Lipinski definition) is 4. The molecule has 0 radical (unpaired) electrons. The number of allylic oxidation sites excluding steroid dienone is 4. The molecule has 0 aromatic heterocycles. The van der Waals surface area contributed by atoms with Gasteiger partial charge in [-0.25, -0.2) is 9.59 Å². The molecule has 4 atom stereocenters. The van der Waals surface area contributed by atoms with Crippen molar-refractivity contribution in [3.05, 3.63) is 71.1 Å². The summed E-state index contributed by atoms with van der Waals surface area (Å²) in [4.78, 5) is 23.5. The molecule has 6 aliphatic rings. The van der Waals surface area contributed by atoms with Gasteiger partial charge in [0.1, 0.15) is 0 Å². The fourth-order valence-electron chi connectivity index (χ4n) is 5.22. The minimum absolute atomic E-state index is 0.0212. The van der Waals surface area contributed by atoms with Gasteiger partial charge in [0.25, 0.3) is 0 Å². The van der Waals surface area contributed by atoms with Gasteiger partial charge in [-0.2, -0.15) is 0 Å². The maximum Gasteiger partial charge on any atom is 0.333 e. The van der Waals surface area contributed by atoms with Gasteiger partial charge in [0.05, 0.1) is 11.1 Å². The molecule has 0 spiro atoms. The number of nitrogens with one attached hydrogen (secondary N) is 2. The van der Waals surface area contributed by atoms with Crippen LogP contribution >= 0.6 is 0 Å². The molecule has 7 rings (SSSR count). The lowest BCUT2D eigenvalue weighted by atomic mass is 9.74. The minimum Gasteiger partial charge on any atom is -0.478 e. The van der Waals surface area contributed by atoms with E-state index in [-0.39, 0.29) is 23.7 Å². The number of rotatable bonds is 6. The highest BCUT2D eigenvalue weighted by Gasteiger charge is 2.36. The molecule has 1 aromatic rings. The maximum absolute atomic E-state index is 11.8. The normalized spacial score (nSPS) is 28.8. The van der Waals surface area contributed by atoms with Gasteiger partial charge in [0, 0.05) is 46.4 Å². The third kappa shape index (κ3) is 3.12. The third-order valence-electron chi connectivity index (χ3n) is 6.70. The van der Waals surface area contributed by atoms with Crippen molar-refractivity contribution in [2.45, 2.75) is 25.7 Å². The van der Waals surface area contributed by atoms with E-state index in [1.54, 1.807) is 0 Å². The number of fused-ring (bicyclic) bond motifs is 2. The second-order valence-electron chi connectivity index (χ2n) is 8.44. The average molecular weight is 404 g/mol. The topological polar surface area (TPSA) is 98.7 Å². The van der Waals surface area contributed by atoms with Crippen LogP contribution in [0, 0.1) is 23.7 Å². The van der Waals surface area contributed by atoms with Crippen LogP contribution in [0.2, 0.25) is 0 Å². The van der Waals surface area contributed by atoms with Crippen LogP contribution in [0.25, 0.3) is 0 Å². The van der Waals surface area contributed by atoms with E-state index in [0.29, 0.717) is 11.1 Å². The van der Waals surface area contributed by atoms with E-state index < -0.39 is 11.9 Å². The molecule has 154 valence electrons. The molecule has 0 saturated carbocycles. The highest BCUT2D eigenvalue weighted by Crippen LogP contribution is 2.42. The lowest BCUT2D eigenvalue weighted by Crippen LogP contribution is -2.30. The minimum atomic E-state index is -0.858. The summed E-state index contributed by atoms with van der Waals surface area (Å²) in [5.74, 6) is -1.52. The third-order valence-corrected chi connectivity index (χ3v) is 6.70. The Kier molecular flexibility index (Phi) is 4.50. The van der Waals surface area contributed by atoms with E-state index in [9.17, 15) is 19.8 Å². The molecule has 6 nitrogen and oxygen atoms in total. The number of carboxylic acids is 2. The van der Waals surface area contributed by atoms with Crippen LogP contribution in [0.1, 0.15) is 25.7 Å². The summed E-state index contributed by atoms with van der Waals surface area (Å²) in [6.45, 7) is 0. The van der Waals surface area contributed by atoms with E-state index in [0.717, 1.165) is 48.5 Å². The molecule has 4 N–H and O–H groups in total. The second kappa shape index (κ2) is 7.20. The first-order chi connectivity index (χ1) is 14.5. The van der Waals surface area contributed by atoms with Crippen LogP contribution < -0.4 is 10.6 Å². The predicted octanol–water partition coefficient (Wildman–Crippen LogP) is 4.38. The molecule has 4 bridgehead atoms. The van der Waals surface area contributed by atoms with Crippen molar-refractivity contribution in [3.8, 4) is 0 Å². The monoisotopic (exact) mass is 404 g/mol. The van der Waals surface area contributed by atoms with Crippen LogP contribution in [0.3, 0.4) is 0 Å². The smallest absolute Gasteiger partial charge is 0.333 e. The summed E-state index contributed by atoms with van der Waals surface area (Å²) in [7, 11) is 0. The van der Waals surface area contributed by atoms with E-state index in [1.807, 2.05) is 36.4 Å². The summed E-state index contributed by atoms with van der Waals surface area (Å²) >= 11 is 0. The molecule has 6 aliphatic carbocycles. The van der Waals surface area contributed by atoms with Crippen LogP contribution in [-0.2, 0) is 9.59 Å². The lowest BCUT2D eigenvalue weighted by Gasteiger charge is -2.35. The van der Waals surface area contributed by atoms with E-state index in [1.165, 1.54) is 0 Å². The largest absolute Gasteiger partial charge is 0.478 e. The number of benzene rings is 1. The molecule has 0 saturated heterocycles. The fourth-order valence-corrected chi connectivity index (χ4v) is 5.22. The number of aliphatic carboxylic acids is 2. The Balaban J connectivity index is 1.37. The Morgan fingerprint density at radius 1 is 0.633 bits per heavy atom. The summed E-state index contributed by atoms with van der Waals surface area (Å²) in [6, 6.07) is 7.61. The summed E-state index contributed by atoms with van der Waals surface area (Å²) in [5.41, 5.74) is 4.16. The zero-order valence-corrected chi connectivity index (χ0v) is 16.5. The summed E-state index contributed by atoms with van der Waals surface area (Å²) in [6.07, 6.45) is 11.9. The predicted molar refractivity (Wildman–Crippen MR) is 114 cm³/mol. The van der Waals surface area contributed by atoms with Gasteiger partial charge >= 0.3 is 11.9 Å².